The van der Waals surface area contributed by atoms with Gasteiger partial charge in [-0.2, -0.15) is 0 Å². The molecule has 0 unspecified atom stereocenters. The van der Waals surface area contributed by atoms with Crippen LogP contribution in [0.3, 0.4) is 0 Å². The molecule has 0 fully saturated rings. The fourth-order valence-corrected chi connectivity index (χ4v) is 7.30. The van der Waals surface area contributed by atoms with Crippen molar-refractivity contribution in [2.24, 2.45) is 0 Å². The van der Waals surface area contributed by atoms with Crippen LogP contribution in [0.15, 0.2) is 176 Å². The fraction of sp³-hybridized carbons (Fsp3) is 0.103. The first-order valence-electron chi connectivity index (χ1n) is 15.9. The second-order valence-electron chi connectivity index (χ2n) is 11.0. The summed E-state index contributed by atoms with van der Waals surface area (Å²) in [5, 5.41) is 15.4. The zero-order valence-corrected chi connectivity index (χ0v) is 29.3. The molecule has 0 atom stereocenters. The van der Waals surface area contributed by atoms with E-state index in [2.05, 4.69) is 143 Å². The van der Waals surface area contributed by atoms with Crippen LogP contribution in [0.5, 0.6) is 0 Å². The summed E-state index contributed by atoms with van der Waals surface area (Å²) in [4.78, 5) is 0. The first kappa shape index (κ1) is 34.9. The normalized spacial score (nSPS) is 13.1. The molecule has 0 saturated carbocycles. The van der Waals surface area contributed by atoms with Crippen LogP contribution in [0, 0.1) is 18.4 Å². The van der Waals surface area contributed by atoms with E-state index in [1.54, 1.807) is 32.4 Å². The summed E-state index contributed by atoms with van der Waals surface area (Å²) in [6.45, 7) is 0. The van der Waals surface area contributed by atoms with Crippen LogP contribution in [0.25, 0.3) is 0 Å². The molecule has 6 nitrogen and oxygen atoms in total. The van der Waals surface area contributed by atoms with E-state index < -0.39 is 7.92 Å². The second kappa shape index (κ2) is 18.8. The molecule has 0 N–H and O–H groups in total. The van der Waals surface area contributed by atoms with E-state index >= 15 is 0 Å². The zero-order chi connectivity index (χ0) is 31.9. The molecule has 3 aromatic carbocycles. The largest absolute Gasteiger partial charge is 2.00 e. The molecular formula is C39H37BN6PRu+. The molecule has 48 heavy (non-hydrogen) atoms. The van der Waals surface area contributed by atoms with Gasteiger partial charge in [0.1, 0.15) is 0 Å². The van der Waals surface area contributed by atoms with Gasteiger partial charge in [0.15, 0.2) is 0 Å². The van der Waals surface area contributed by atoms with Crippen LogP contribution in [-0.4, -0.2) is 36.2 Å². The maximum Gasteiger partial charge on any atom is 2.00 e. The van der Waals surface area contributed by atoms with Crippen molar-refractivity contribution in [2.75, 3.05) is 0 Å². The summed E-state index contributed by atoms with van der Waals surface area (Å²) in [5.74, 6) is 3.56. The molecule has 3 heterocycles. The van der Waals surface area contributed by atoms with Gasteiger partial charge in [0.05, 0.1) is 0 Å². The summed E-state index contributed by atoms with van der Waals surface area (Å²) >= 11 is 0. The van der Waals surface area contributed by atoms with Crippen molar-refractivity contribution in [3.8, 4) is 0 Å². The van der Waals surface area contributed by atoms with Gasteiger partial charge in [0.25, 0.3) is 7.12 Å². The number of hydrogen-bond acceptors (Lipinski definition) is 3. The van der Waals surface area contributed by atoms with Gasteiger partial charge in [0.2, 0.25) is 0 Å². The van der Waals surface area contributed by atoms with E-state index in [4.69, 9.17) is 0 Å². The van der Waals surface area contributed by atoms with Crippen LogP contribution in [0.4, 0.5) is 0 Å². The van der Waals surface area contributed by atoms with Crippen molar-refractivity contribution in [1.82, 2.24) is 29.1 Å². The Bertz CT molecular complexity index is 1690. The van der Waals surface area contributed by atoms with Crippen LogP contribution < -0.4 is 10.6 Å². The maximum atomic E-state index is 4.22. The Hall–Kier alpha value is -4.37. The second-order valence-corrected chi connectivity index (χ2v) is 13.0. The van der Waals surface area contributed by atoms with Gasteiger partial charge in [-0.25, -0.2) is 15.3 Å². The molecule has 238 valence electrons. The van der Waals surface area contributed by atoms with Crippen molar-refractivity contribution in [1.29, 1.82) is 0 Å². The maximum absolute atomic E-state index is 4.22. The number of benzene rings is 3. The number of aromatic nitrogens is 6. The predicted octanol–water partition coefficient (Wildman–Crippen LogP) is 7.52. The van der Waals surface area contributed by atoms with Gasteiger partial charge in [-0.1, -0.05) is 121 Å². The van der Waals surface area contributed by atoms with E-state index in [0.29, 0.717) is 0 Å². The Labute approximate surface area is 298 Å². The van der Waals surface area contributed by atoms with Gasteiger partial charge < -0.3 is 13.8 Å². The van der Waals surface area contributed by atoms with E-state index in [-0.39, 0.29) is 26.6 Å². The van der Waals surface area contributed by atoms with Crippen LogP contribution in [0.1, 0.15) is 31.2 Å². The SMILES string of the molecule is [C]([CH][C](/C=C\P(c1ccccc1)c1ccccc1)c1ccccc1)=CC1=CCCCC1.[Ru+2].c1cnn([B-](n2cccn2)n2cccn2)c1. The Morgan fingerprint density at radius 3 is 1.65 bits per heavy atom. The fourth-order valence-electron chi connectivity index (χ4n) is 5.36. The Balaban J connectivity index is 0.000000222. The summed E-state index contributed by atoms with van der Waals surface area (Å²) in [7, 11) is -0.766. The average molecular weight is 733 g/mol. The molecule has 4 radical (unpaired) electrons. The third-order valence-corrected chi connectivity index (χ3v) is 9.85. The summed E-state index contributed by atoms with van der Waals surface area (Å²) < 4.78 is 5.38. The molecule has 0 aliphatic heterocycles. The molecule has 7 rings (SSSR count). The molecule has 0 saturated heterocycles. The van der Waals surface area contributed by atoms with Crippen molar-refractivity contribution >= 4 is 25.6 Å². The quantitative estimate of drug-likeness (QED) is 0.102. The van der Waals surface area contributed by atoms with Crippen molar-refractivity contribution in [3.05, 3.63) is 200 Å². The molecule has 9 heteroatoms. The van der Waals surface area contributed by atoms with Crippen molar-refractivity contribution in [2.45, 2.75) is 25.7 Å². The van der Waals surface area contributed by atoms with Crippen LogP contribution in [-0.2, 0) is 19.5 Å². The van der Waals surface area contributed by atoms with E-state index in [1.165, 1.54) is 53.3 Å². The minimum Gasteiger partial charge on any atom is -0.425 e. The first-order chi connectivity index (χ1) is 23.3. The topological polar surface area (TPSA) is 53.5 Å². The molecule has 0 amide bonds. The first-order valence-corrected chi connectivity index (χ1v) is 17.3. The number of hydrogen-bond donors (Lipinski definition) is 0. The summed E-state index contributed by atoms with van der Waals surface area (Å²) in [5.41, 5.74) is 2.63. The third kappa shape index (κ3) is 9.83. The number of rotatable bonds is 11. The predicted molar refractivity (Wildman–Crippen MR) is 194 cm³/mol. The van der Waals surface area contributed by atoms with Crippen LogP contribution in [0.2, 0.25) is 0 Å². The van der Waals surface area contributed by atoms with Gasteiger partial charge >= 0.3 is 19.5 Å². The minimum atomic E-state index is -0.572. The van der Waals surface area contributed by atoms with Gasteiger partial charge in [0, 0.05) is 30.9 Å². The number of nitrogens with zero attached hydrogens (tertiary/aromatic N) is 6. The summed E-state index contributed by atoms with van der Waals surface area (Å²) in [6, 6.07) is 37.8. The average Bonchev–Trinajstić information content (AvgIpc) is 3.96. The molecule has 6 aromatic rings. The van der Waals surface area contributed by atoms with Gasteiger partial charge in [-0.3, -0.25) is 0 Å². The van der Waals surface area contributed by atoms with E-state index in [9.17, 15) is 0 Å². The van der Waals surface area contributed by atoms with E-state index in [0.717, 1.165) is 0 Å². The molecule has 0 bridgehead atoms. The van der Waals surface area contributed by atoms with Gasteiger partial charge in [-0.15, -0.1) is 0 Å². The molecule has 0 spiro atoms. The van der Waals surface area contributed by atoms with E-state index in [1.807, 2.05) is 36.8 Å². The molecule has 3 aromatic heterocycles. The van der Waals surface area contributed by atoms with Gasteiger partial charge in [-0.05, 0) is 92.6 Å². The molecular weight excluding hydrogens is 695 g/mol. The number of allylic oxidation sites excluding steroid dienone is 5. The van der Waals surface area contributed by atoms with Crippen LogP contribution >= 0.6 is 7.92 Å². The Morgan fingerprint density at radius 1 is 0.667 bits per heavy atom. The standard InChI is InChI=1S/C30H28P.C9H9BN6.Ru/c1-5-14-26(15-6-1)16-13-19-28(27-17-7-2-8-18-27)24-25-31(29-20-9-3-10-21-29)30-22-11-4-12-23-30;1-4-11-14(7-1)10(15-8-2-5-12-15)16-9-3-6-13-16;/h2-4,7-12,14,16-25H,1,5-6,15H2;1-9H;/q;-1;+2/b16-13?,25-24-;;. The summed E-state index contributed by atoms with van der Waals surface area (Å²) in [6.07, 6.45) is 28.2. The monoisotopic (exact) mass is 733 g/mol. The molecule has 1 aliphatic carbocycles. The Kier molecular flexibility index (Phi) is 13.7. The minimum absolute atomic E-state index is 0. The Morgan fingerprint density at radius 2 is 1.19 bits per heavy atom. The third-order valence-electron chi connectivity index (χ3n) is 7.70. The molecule has 1 aliphatic rings. The van der Waals surface area contributed by atoms with Crippen molar-refractivity contribution in [3.63, 3.8) is 0 Å². The van der Waals surface area contributed by atoms with Crippen molar-refractivity contribution < 1.29 is 19.5 Å². The zero-order valence-electron chi connectivity index (χ0n) is 26.6. The smallest absolute Gasteiger partial charge is 0.425 e.